The molecule has 3 heteroatoms. The number of nitrogens with zero attached hydrogens (tertiary/aromatic N) is 1. The third-order valence-corrected chi connectivity index (χ3v) is 3.15. The highest BCUT2D eigenvalue weighted by atomic mass is 79.9. The van der Waals surface area contributed by atoms with Crippen LogP contribution in [0.1, 0.15) is 22.9 Å². The van der Waals surface area contributed by atoms with E-state index in [0.29, 0.717) is 6.42 Å². The number of pyridine rings is 1. The zero-order valence-electron chi connectivity index (χ0n) is 9.60. The number of aromatic nitrogens is 1. The molecule has 1 aromatic carbocycles. The van der Waals surface area contributed by atoms with Gasteiger partial charge in [0.05, 0.1) is 11.8 Å². The first kappa shape index (κ1) is 12.3. The van der Waals surface area contributed by atoms with Gasteiger partial charge in [0.25, 0.3) is 0 Å². The van der Waals surface area contributed by atoms with E-state index in [1.54, 1.807) is 6.20 Å². The topological polar surface area (TPSA) is 33.1 Å². The van der Waals surface area contributed by atoms with Crippen molar-refractivity contribution in [3.8, 4) is 0 Å². The normalized spacial score (nSPS) is 12.4. The quantitative estimate of drug-likeness (QED) is 0.940. The molecular formula is C14H14BrNO. The van der Waals surface area contributed by atoms with Crippen LogP contribution >= 0.6 is 15.9 Å². The molecule has 0 aliphatic rings. The van der Waals surface area contributed by atoms with E-state index in [-0.39, 0.29) is 0 Å². The molecule has 17 heavy (non-hydrogen) atoms. The van der Waals surface area contributed by atoms with Crippen molar-refractivity contribution in [3.63, 3.8) is 0 Å². The monoisotopic (exact) mass is 291 g/mol. The number of aryl methyl sites for hydroxylation is 1. The van der Waals surface area contributed by atoms with Gasteiger partial charge in [-0.25, -0.2) is 0 Å². The molecule has 88 valence electrons. The fourth-order valence-electron chi connectivity index (χ4n) is 1.62. The van der Waals surface area contributed by atoms with Crippen molar-refractivity contribution in [2.45, 2.75) is 19.4 Å². The van der Waals surface area contributed by atoms with Crippen LogP contribution in [0.4, 0.5) is 0 Å². The van der Waals surface area contributed by atoms with Crippen LogP contribution < -0.4 is 0 Å². The molecule has 0 aliphatic carbocycles. The van der Waals surface area contributed by atoms with E-state index in [0.717, 1.165) is 21.3 Å². The van der Waals surface area contributed by atoms with Crippen LogP contribution in [-0.2, 0) is 6.42 Å². The van der Waals surface area contributed by atoms with Gasteiger partial charge in [0, 0.05) is 17.1 Å². The highest BCUT2D eigenvalue weighted by molar-refractivity contribution is 9.10. The van der Waals surface area contributed by atoms with Gasteiger partial charge in [0.1, 0.15) is 0 Å². The third-order valence-electron chi connectivity index (χ3n) is 2.62. The average Bonchev–Trinajstić information content (AvgIpc) is 2.33. The molecule has 0 saturated heterocycles. The van der Waals surface area contributed by atoms with Crippen LogP contribution in [0.3, 0.4) is 0 Å². The van der Waals surface area contributed by atoms with Crippen molar-refractivity contribution in [3.05, 3.63) is 63.9 Å². The Balaban J connectivity index is 2.08. The number of hydrogen-bond donors (Lipinski definition) is 1. The second kappa shape index (κ2) is 5.43. The van der Waals surface area contributed by atoms with E-state index in [2.05, 4.69) is 20.9 Å². The Morgan fingerprint density at radius 2 is 1.88 bits per heavy atom. The number of aliphatic hydroxyl groups excluding tert-OH is 1. The maximum Gasteiger partial charge on any atom is 0.0999 e. The maximum absolute atomic E-state index is 10.1. The second-order valence-corrected chi connectivity index (χ2v) is 5.02. The van der Waals surface area contributed by atoms with Gasteiger partial charge in [-0.2, -0.15) is 0 Å². The van der Waals surface area contributed by atoms with Crippen LogP contribution in [-0.4, -0.2) is 10.1 Å². The summed E-state index contributed by atoms with van der Waals surface area (Å²) in [5, 5.41) is 10.1. The molecule has 0 bridgehead atoms. The number of rotatable bonds is 3. The minimum atomic E-state index is -0.545. The molecule has 1 N–H and O–H groups in total. The number of aliphatic hydroxyl groups is 1. The molecule has 2 rings (SSSR count). The van der Waals surface area contributed by atoms with E-state index in [4.69, 9.17) is 0 Å². The summed E-state index contributed by atoms with van der Waals surface area (Å²) in [5.41, 5.74) is 2.92. The summed E-state index contributed by atoms with van der Waals surface area (Å²) in [6, 6.07) is 11.8. The van der Waals surface area contributed by atoms with Gasteiger partial charge in [-0.3, -0.25) is 4.98 Å². The fraction of sp³-hybridized carbons (Fsp3) is 0.214. The van der Waals surface area contributed by atoms with E-state index in [1.165, 1.54) is 0 Å². The molecule has 2 nitrogen and oxygen atoms in total. The van der Waals surface area contributed by atoms with Gasteiger partial charge in [-0.15, -0.1) is 0 Å². The smallest absolute Gasteiger partial charge is 0.0999 e. The molecule has 1 aromatic heterocycles. The Labute approximate surface area is 109 Å². The van der Waals surface area contributed by atoms with Gasteiger partial charge < -0.3 is 5.11 Å². The molecular weight excluding hydrogens is 278 g/mol. The van der Waals surface area contributed by atoms with Crippen LogP contribution in [0.5, 0.6) is 0 Å². The summed E-state index contributed by atoms with van der Waals surface area (Å²) in [6.07, 6.45) is 1.82. The summed E-state index contributed by atoms with van der Waals surface area (Å²) in [7, 11) is 0. The molecule has 0 spiro atoms. The Bertz CT molecular complexity index is 479. The first-order chi connectivity index (χ1) is 8.15. The minimum absolute atomic E-state index is 0.545. The zero-order valence-corrected chi connectivity index (χ0v) is 11.2. The van der Waals surface area contributed by atoms with Gasteiger partial charge in [-0.1, -0.05) is 34.1 Å². The van der Waals surface area contributed by atoms with Crippen molar-refractivity contribution in [2.24, 2.45) is 0 Å². The maximum atomic E-state index is 10.1. The molecule has 0 radical (unpaired) electrons. The first-order valence-corrected chi connectivity index (χ1v) is 6.29. The highest BCUT2D eigenvalue weighted by Crippen LogP contribution is 2.18. The molecule has 0 aliphatic heterocycles. The summed E-state index contributed by atoms with van der Waals surface area (Å²) in [4.78, 5) is 4.23. The minimum Gasteiger partial charge on any atom is -0.386 e. The van der Waals surface area contributed by atoms with E-state index in [1.807, 2.05) is 43.3 Å². The van der Waals surface area contributed by atoms with Crippen LogP contribution in [0, 0.1) is 6.92 Å². The summed E-state index contributed by atoms with van der Waals surface area (Å²) in [6.45, 7) is 1.98. The predicted molar refractivity (Wildman–Crippen MR) is 71.8 cm³/mol. The van der Waals surface area contributed by atoms with Gasteiger partial charge >= 0.3 is 0 Å². The Morgan fingerprint density at radius 1 is 1.18 bits per heavy atom. The Morgan fingerprint density at radius 3 is 2.47 bits per heavy atom. The van der Waals surface area contributed by atoms with Gasteiger partial charge in [0.15, 0.2) is 0 Å². The van der Waals surface area contributed by atoms with Crippen molar-refractivity contribution < 1.29 is 5.11 Å². The summed E-state index contributed by atoms with van der Waals surface area (Å²) in [5.74, 6) is 0. The van der Waals surface area contributed by atoms with Crippen LogP contribution in [0.2, 0.25) is 0 Å². The van der Waals surface area contributed by atoms with Crippen molar-refractivity contribution in [2.75, 3.05) is 0 Å². The van der Waals surface area contributed by atoms with E-state index >= 15 is 0 Å². The molecule has 0 fully saturated rings. The first-order valence-electron chi connectivity index (χ1n) is 5.50. The Hall–Kier alpha value is -1.19. The lowest BCUT2D eigenvalue weighted by molar-refractivity contribution is 0.173. The lowest BCUT2D eigenvalue weighted by atomic mass is 10.1. The lowest BCUT2D eigenvalue weighted by Crippen LogP contribution is -2.04. The van der Waals surface area contributed by atoms with Crippen LogP contribution in [0.15, 0.2) is 47.1 Å². The Kier molecular flexibility index (Phi) is 3.92. The van der Waals surface area contributed by atoms with Gasteiger partial charge in [0.2, 0.25) is 0 Å². The standard InChI is InChI=1S/C14H14BrNO/c1-10-2-7-13(16-9-10)14(17)8-11-3-5-12(15)6-4-11/h2-7,9,14,17H,8H2,1H3. The zero-order chi connectivity index (χ0) is 12.3. The highest BCUT2D eigenvalue weighted by Gasteiger charge is 2.09. The van der Waals surface area contributed by atoms with Crippen molar-refractivity contribution >= 4 is 15.9 Å². The second-order valence-electron chi connectivity index (χ2n) is 4.11. The summed E-state index contributed by atoms with van der Waals surface area (Å²) >= 11 is 3.39. The largest absolute Gasteiger partial charge is 0.386 e. The molecule has 1 atom stereocenters. The molecule has 1 heterocycles. The number of benzene rings is 1. The number of hydrogen-bond acceptors (Lipinski definition) is 2. The predicted octanol–water partition coefficient (Wildman–Crippen LogP) is 3.43. The average molecular weight is 292 g/mol. The summed E-state index contributed by atoms with van der Waals surface area (Å²) < 4.78 is 1.05. The molecule has 2 aromatic rings. The molecule has 0 amide bonds. The SMILES string of the molecule is Cc1ccc(C(O)Cc2ccc(Br)cc2)nc1. The lowest BCUT2D eigenvalue weighted by Gasteiger charge is -2.10. The van der Waals surface area contributed by atoms with E-state index < -0.39 is 6.10 Å². The molecule has 1 unspecified atom stereocenters. The molecule has 0 saturated carbocycles. The number of halogens is 1. The van der Waals surface area contributed by atoms with Crippen LogP contribution in [0.25, 0.3) is 0 Å². The third kappa shape index (κ3) is 3.38. The van der Waals surface area contributed by atoms with E-state index in [9.17, 15) is 5.11 Å². The van der Waals surface area contributed by atoms with Crippen molar-refractivity contribution in [1.82, 2.24) is 4.98 Å². The van der Waals surface area contributed by atoms with Gasteiger partial charge in [-0.05, 0) is 36.2 Å². The fourth-order valence-corrected chi connectivity index (χ4v) is 1.89. The van der Waals surface area contributed by atoms with Crippen molar-refractivity contribution in [1.29, 1.82) is 0 Å².